The molecule has 1 unspecified atom stereocenters. The number of aliphatic hydroxyl groups excluding tert-OH is 1. The summed E-state index contributed by atoms with van der Waals surface area (Å²) in [6.07, 6.45) is 3.79. The van der Waals surface area contributed by atoms with Crippen LogP contribution >= 0.6 is 0 Å². The van der Waals surface area contributed by atoms with Crippen LogP contribution in [0.5, 0.6) is 5.88 Å². The predicted octanol–water partition coefficient (Wildman–Crippen LogP) is 4.66. The minimum atomic E-state index is -0.623. The summed E-state index contributed by atoms with van der Waals surface area (Å²) in [4.78, 5) is 13.7. The number of piperidine rings is 1. The molecule has 0 bridgehead atoms. The van der Waals surface area contributed by atoms with Crippen LogP contribution in [0.4, 0.5) is 10.6 Å². The van der Waals surface area contributed by atoms with Gasteiger partial charge >= 0.3 is 6.03 Å². The lowest BCUT2D eigenvalue weighted by Crippen LogP contribution is -2.32. The zero-order chi connectivity index (χ0) is 27.3. The smallest absolute Gasteiger partial charge is 0.317 e. The van der Waals surface area contributed by atoms with Gasteiger partial charge in [0.1, 0.15) is 5.82 Å². The van der Waals surface area contributed by atoms with Crippen LogP contribution in [0.25, 0.3) is 5.69 Å². The summed E-state index contributed by atoms with van der Waals surface area (Å²) < 4.78 is 7.65. The molecule has 1 atom stereocenters. The fourth-order valence-corrected chi connectivity index (χ4v) is 5.44. The summed E-state index contributed by atoms with van der Waals surface area (Å²) in [6.45, 7) is 9.11. The highest BCUT2D eigenvalue weighted by Gasteiger charge is 2.31. The fraction of sp³-hybridized carbons (Fsp3) is 0.467. The van der Waals surface area contributed by atoms with Crippen molar-refractivity contribution in [3.8, 4) is 11.6 Å². The van der Waals surface area contributed by atoms with Gasteiger partial charge in [-0.25, -0.2) is 9.48 Å². The van der Waals surface area contributed by atoms with E-state index in [4.69, 9.17) is 10.5 Å². The number of amides is 2. The second kappa shape index (κ2) is 12.0. The molecule has 1 saturated heterocycles. The van der Waals surface area contributed by atoms with Crippen molar-refractivity contribution in [2.24, 2.45) is 11.7 Å². The molecular formula is C30H41N5O3. The molecule has 8 nitrogen and oxygen atoms in total. The first-order valence-electron chi connectivity index (χ1n) is 13.4. The van der Waals surface area contributed by atoms with Gasteiger partial charge in [0, 0.05) is 0 Å². The lowest BCUT2D eigenvalue weighted by atomic mass is 9.72. The maximum Gasteiger partial charge on any atom is 0.317 e. The predicted molar refractivity (Wildman–Crippen MR) is 151 cm³/mol. The molecule has 1 fully saturated rings. The molecule has 3 aromatic rings. The summed E-state index contributed by atoms with van der Waals surface area (Å²) in [7, 11) is 2.14. The number of fused-ring (bicyclic) bond motifs is 1. The Balaban J connectivity index is 0.000000216. The number of primary amides is 1. The van der Waals surface area contributed by atoms with E-state index in [1.807, 2.05) is 43.3 Å². The van der Waals surface area contributed by atoms with E-state index in [2.05, 4.69) is 54.4 Å². The molecule has 2 heterocycles. The van der Waals surface area contributed by atoms with Crippen molar-refractivity contribution >= 4 is 11.8 Å². The molecule has 1 aliphatic heterocycles. The zero-order valence-electron chi connectivity index (χ0n) is 23.0. The topological polar surface area (TPSA) is 106 Å². The number of para-hydroxylation sites is 1. The Morgan fingerprint density at radius 3 is 2.47 bits per heavy atom. The van der Waals surface area contributed by atoms with E-state index in [-0.39, 0.29) is 11.5 Å². The minimum absolute atomic E-state index is 0.133. The first kappa shape index (κ1) is 27.7. The van der Waals surface area contributed by atoms with E-state index in [0.717, 1.165) is 50.0 Å². The molecule has 8 heteroatoms. The lowest BCUT2D eigenvalue weighted by molar-refractivity contribution is 0.128. The normalized spacial score (nSPS) is 19.1. The monoisotopic (exact) mass is 519 g/mol. The van der Waals surface area contributed by atoms with Gasteiger partial charge in [0.2, 0.25) is 5.88 Å². The van der Waals surface area contributed by atoms with Crippen molar-refractivity contribution in [3.05, 3.63) is 71.3 Å². The van der Waals surface area contributed by atoms with Crippen molar-refractivity contribution in [1.29, 1.82) is 0 Å². The third-order valence-electron chi connectivity index (χ3n) is 7.56. The number of ether oxygens (including phenoxy) is 1. The van der Waals surface area contributed by atoms with Crippen LogP contribution in [0.15, 0.2) is 54.6 Å². The Hall–Kier alpha value is -3.36. The molecule has 0 spiro atoms. The summed E-state index contributed by atoms with van der Waals surface area (Å²) in [5.74, 6) is 1.61. The largest absolute Gasteiger partial charge is 0.476 e. The number of likely N-dealkylation sites (tertiary alicyclic amines) is 1. The lowest BCUT2D eigenvalue weighted by Gasteiger charge is -2.35. The van der Waals surface area contributed by atoms with Crippen LogP contribution in [0.1, 0.15) is 49.8 Å². The number of aliphatic hydroxyl groups is 1. The maximum atomic E-state index is 11.4. The molecule has 4 N–H and O–H groups in total. The quantitative estimate of drug-likeness (QED) is 0.455. The zero-order valence-corrected chi connectivity index (χ0v) is 23.0. The fourth-order valence-electron chi connectivity index (χ4n) is 5.44. The van der Waals surface area contributed by atoms with Crippen molar-refractivity contribution in [3.63, 3.8) is 0 Å². The van der Waals surface area contributed by atoms with Gasteiger partial charge in [-0.05, 0) is 87.3 Å². The number of hydrogen-bond donors (Lipinski definition) is 3. The third-order valence-corrected chi connectivity index (χ3v) is 7.56. The third kappa shape index (κ3) is 6.74. The van der Waals surface area contributed by atoms with Crippen LogP contribution in [-0.2, 0) is 11.8 Å². The highest BCUT2D eigenvalue weighted by molar-refractivity contribution is 5.88. The second-order valence-corrected chi connectivity index (χ2v) is 11.2. The SMILES string of the molecule is CC1(C)CC(O)Cc2ccccc21.Cc1c(OCC2CCN(C)CC2)nn(-c2ccccc2)c1NC(N)=O. The first-order chi connectivity index (χ1) is 18.1. The molecule has 0 radical (unpaired) electrons. The summed E-state index contributed by atoms with van der Waals surface area (Å²) in [5, 5.41) is 16.9. The molecule has 5 rings (SSSR count). The van der Waals surface area contributed by atoms with E-state index in [1.165, 1.54) is 11.1 Å². The molecule has 2 aromatic carbocycles. The van der Waals surface area contributed by atoms with Gasteiger partial charge in [-0.3, -0.25) is 5.32 Å². The Kier molecular flexibility index (Phi) is 8.74. The molecule has 38 heavy (non-hydrogen) atoms. The van der Waals surface area contributed by atoms with Crippen molar-refractivity contribution in [1.82, 2.24) is 14.7 Å². The van der Waals surface area contributed by atoms with Crippen molar-refractivity contribution < 1.29 is 14.6 Å². The van der Waals surface area contributed by atoms with Gasteiger partial charge in [0.05, 0.1) is 24.0 Å². The Labute approximate surface area is 225 Å². The number of rotatable bonds is 5. The van der Waals surface area contributed by atoms with Crippen molar-refractivity contribution in [2.45, 2.75) is 58.0 Å². The van der Waals surface area contributed by atoms with Crippen LogP contribution in [0.2, 0.25) is 0 Å². The van der Waals surface area contributed by atoms with Crippen LogP contribution in [-0.4, -0.2) is 58.7 Å². The van der Waals surface area contributed by atoms with Crippen LogP contribution in [0, 0.1) is 12.8 Å². The van der Waals surface area contributed by atoms with E-state index in [9.17, 15) is 9.90 Å². The van der Waals surface area contributed by atoms with E-state index in [0.29, 0.717) is 24.2 Å². The molecule has 1 aromatic heterocycles. The number of carbonyl (C=O) groups is 1. The van der Waals surface area contributed by atoms with Gasteiger partial charge < -0.3 is 20.5 Å². The van der Waals surface area contributed by atoms with Gasteiger partial charge in [-0.15, -0.1) is 5.10 Å². The van der Waals surface area contributed by atoms with E-state index in [1.54, 1.807) is 4.68 Å². The van der Waals surface area contributed by atoms with Gasteiger partial charge in [0.25, 0.3) is 0 Å². The Morgan fingerprint density at radius 1 is 1.13 bits per heavy atom. The van der Waals surface area contributed by atoms with E-state index < -0.39 is 6.03 Å². The average Bonchev–Trinajstić information content (AvgIpc) is 3.18. The van der Waals surface area contributed by atoms with Gasteiger partial charge in [-0.1, -0.05) is 56.3 Å². The number of aromatic nitrogens is 2. The van der Waals surface area contributed by atoms with E-state index >= 15 is 0 Å². The van der Waals surface area contributed by atoms with Crippen LogP contribution in [0.3, 0.4) is 0 Å². The Bertz CT molecular complexity index is 1220. The molecular weight excluding hydrogens is 478 g/mol. The molecule has 1 aliphatic carbocycles. The first-order valence-corrected chi connectivity index (χ1v) is 13.4. The number of carbonyl (C=O) groups excluding carboxylic acids is 1. The summed E-state index contributed by atoms with van der Waals surface area (Å²) in [6, 6.07) is 17.4. The van der Waals surface area contributed by atoms with Crippen molar-refractivity contribution in [2.75, 3.05) is 32.1 Å². The number of benzene rings is 2. The summed E-state index contributed by atoms with van der Waals surface area (Å²) in [5.41, 5.74) is 9.77. The molecule has 204 valence electrons. The minimum Gasteiger partial charge on any atom is -0.476 e. The number of hydrogen-bond acceptors (Lipinski definition) is 5. The average molecular weight is 520 g/mol. The highest BCUT2D eigenvalue weighted by atomic mass is 16.5. The number of nitrogens with zero attached hydrogens (tertiary/aromatic N) is 3. The number of anilines is 1. The number of urea groups is 1. The maximum absolute atomic E-state index is 11.4. The molecule has 2 amide bonds. The van der Waals surface area contributed by atoms with Gasteiger partial charge in [-0.2, -0.15) is 0 Å². The molecule has 2 aliphatic rings. The molecule has 0 saturated carbocycles. The van der Waals surface area contributed by atoms with Crippen LogP contribution < -0.4 is 15.8 Å². The Morgan fingerprint density at radius 2 is 1.79 bits per heavy atom. The standard InChI is InChI=1S/C18H25N5O2.C12H16O/c1-13-16(20-18(19)24)23(15-6-4-3-5-7-15)21-17(13)25-12-14-8-10-22(2)11-9-14;1-12(2)8-10(13)7-9-5-3-4-6-11(9)12/h3-7,14H,8-12H2,1-2H3,(H3,19,20,24);3-6,10,13H,7-8H2,1-2H3. The highest BCUT2D eigenvalue weighted by Crippen LogP contribution is 2.36. The number of nitrogens with one attached hydrogen (secondary N) is 1. The number of nitrogens with two attached hydrogens (primary N) is 1. The summed E-state index contributed by atoms with van der Waals surface area (Å²) >= 11 is 0. The second-order valence-electron chi connectivity index (χ2n) is 11.2. The van der Waals surface area contributed by atoms with Gasteiger partial charge in [0.15, 0.2) is 0 Å².